The van der Waals surface area contributed by atoms with Crippen LogP contribution in [0.5, 0.6) is 5.75 Å². The minimum absolute atomic E-state index is 0.0759. The van der Waals surface area contributed by atoms with E-state index in [0.29, 0.717) is 11.6 Å². The normalized spacial score (nSPS) is 20.9. The standard InChI is InChI=1S/C24H25FN4O2/c1-14-9-15(11-16(26)10-14)18-7-8-27-13-23(18)29-24(31)22-4-2-3-21(28-22)19-12-17(30)5-6-20(19)25/h2-8,12-16,30H,9-11,26H2,1H3,(H,29,31)/t14-,15+,16-/m0/s1. The van der Waals surface area contributed by atoms with Crippen LogP contribution in [0.4, 0.5) is 10.1 Å². The molecule has 31 heavy (non-hydrogen) atoms. The fourth-order valence-corrected chi connectivity index (χ4v) is 4.38. The number of rotatable bonds is 4. The first-order valence-corrected chi connectivity index (χ1v) is 10.4. The summed E-state index contributed by atoms with van der Waals surface area (Å²) >= 11 is 0. The molecule has 2 aromatic heterocycles. The highest BCUT2D eigenvalue weighted by Crippen LogP contribution is 2.38. The molecule has 0 bridgehead atoms. The molecule has 7 heteroatoms. The Labute approximate surface area is 180 Å². The molecule has 0 radical (unpaired) electrons. The first-order chi connectivity index (χ1) is 14.9. The summed E-state index contributed by atoms with van der Waals surface area (Å²) in [7, 11) is 0. The van der Waals surface area contributed by atoms with Gasteiger partial charge in [0.05, 0.1) is 17.6 Å². The average Bonchev–Trinajstić information content (AvgIpc) is 2.75. The third kappa shape index (κ3) is 4.72. The van der Waals surface area contributed by atoms with Crippen molar-refractivity contribution >= 4 is 11.6 Å². The van der Waals surface area contributed by atoms with Gasteiger partial charge in [-0.2, -0.15) is 0 Å². The molecule has 4 N–H and O–H groups in total. The molecule has 6 nitrogen and oxygen atoms in total. The zero-order chi connectivity index (χ0) is 22.0. The van der Waals surface area contributed by atoms with Crippen LogP contribution >= 0.6 is 0 Å². The second-order valence-corrected chi connectivity index (χ2v) is 8.26. The summed E-state index contributed by atoms with van der Waals surface area (Å²) < 4.78 is 14.2. The van der Waals surface area contributed by atoms with Crippen LogP contribution in [0.2, 0.25) is 0 Å². The molecule has 0 aliphatic heterocycles. The van der Waals surface area contributed by atoms with Crippen LogP contribution in [0.1, 0.15) is 48.2 Å². The number of phenols is 1. The number of aromatic hydroxyl groups is 1. The maximum absolute atomic E-state index is 14.2. The van der Waals surface area contributed by atoms with E-state index in [1.54, 1.807) is 30.6 Å². The van der Waals surface area contributed by atoms with Gasteiger partial charge in [0.25, 0.3) is 5.91 Å². The lowest BCUT2D eigenvalue weighted by Gasteiger charge is -2.32. The van der Waals surface area contributed by atoms with Crippen molar-refractivity contribution in [2.24, 2.45) is 11.7 Å². The predicted octanol–water partition coefficient (Wildman–Crippen LogP) is 4.47. The molecule has 1 saturated carbocycles. The number of hydrogen-bond acceptors (Lipinski definition) is 5. The number of hydrogen-bond donors (Lipinski definition) is 3. The molecule has 0 saturated heterocycles. The number of nitrogens with two attached hydrogens (primary N) is 1. The van der Waals surface area contributed by atoms with E-state index in [2.05, 4.69) is 22.2 Å². The van der Waals surface area contributed by atoms with Crippen LogP contribution in [0.3, 0.4) is 0 Å². The van der Waals surface area contributed by atoms with Gasteiger partial charge >= 0.3 is 0 Å². The Hall–Kier alpha value is -3.32. The summed E-state index contributed by atoms with van der Waals surface area (Å²) in [6, 6.07) is 10.6. The van der Waals surface area contributed by atoms with Gasteiger partial charge in [-0.15, -0.1) is 0 Å². The number of phenolic OH excluding ortho intramolecular Hbond substituents is 1. The number of nitrogens with zero attached hydrogens (tertiary/aromatic N) is 2. The summed E-state index contributed by atoms with van der Waals surface area (Å²) in [5, 5.41) is 12.6. The number of anilines is 1. The predicted molar refractivity (Wildman–Crippen MR) is 117 cm³/mol. The SMILES string of the molecule is C[C@@H]1C[C@H](N)C[C@H](c2ccncc2NC(=O)c2cccc(-c3cc(O)ccc3F)n2)C1. The highest BCUT2D eigenvalue weighted by atomic mass is 19.1. The summed E-state index contributed by atoms with van der Waals surface area (Å²) in [5.74, 6) is -0.253. The van der Waals surface area contributed by atoms with Gasteiger partial charge in [-0.05, 0) is 73.1 Å². The van der Waals surface area contributed by atoms with E-state index in [4.69, 9.17) is 5.73 Å². The van der Waals surface area contributed by atoms with Gasteiger partial charge in [-0.3, -0.25) is 9.78 Å². The molecule has 1 aliphatic rings. The summed E-state index contributed by atoms with van der Waals surface area (Å²) in [4.78, 5) is 21.4. The quantitative estimate of drug-likeness (QED) is 0.578. The Morgan fingerprint density at radius 1 is 1.19 bits per heavy atom. The van der Waals surface area contributed by atoms with Crippen molar-refractivity contribution < 1.29 is 14.3 Å². The highest BCUT2D eigenvalue weighted by Gasteiger charge is 2.27. The summed E-state index contributed by atoms with van der Waals surface area (Å²) in [6.07, 6.45) is 6.23. The van der Waals surface area contributed by atoms with Gasteiger partial charge < -0.3 is 16.2 Å². The van der Waals surface area contributed by atoms with Gasteiger partial charge in [0.15, 0.2) is 0 Å². The van der Waals surface area contributed by atoms with E-state index in [9.17, 15) is 14.3 Å². The zero-order valence-electron chi connectivity index (χ0n) is 17.3. The molecule has 1 aliphatic carbocycles. The van der Waals surface area contributed by atoms with E-state index in [1.165, 1.54) is 12.1 Å². The molecule has 1 aromatic carbocycles. The van der Waals surface area contributed by atoms with Crippen molar-refractivity contribution in [3.05, 3.63) is 71.9 Å². The van der Waals surface area contributed by atoms with Crippen LogP contribution in [-0.4, -0.2) is 27.0 Å². The number of carbonyl (C=O) groups is 1. The molecule has 2 heterocycles. The molecule has 160 valence electrons. The second kappa shape index (κ2) is 8.81. The van der Waals surface area contributed by atoms with E-state index >= 15 is 0 Å². The molecule has 3 atom stereocenters. The van der Waals surface area contributed by atoms with Crippen molar-refractivity contribution in [3.63, 3.8) is 0 Å². The lowest BCUT2D eigenvalue weighted by atomic mass is 9.76. The van der Waals surface area contributed by atoms with Gasteiger partial charge in [0, 0.05) is 17.8 Å². The number of nitrogens with one attached hydrogen (secondary N) is 1. The number of amides is 1. The first kappa shape index (κ1) is 20.9. The minimum Gasteiger partial charge on any atom is -0.508 e. The van der Waals surface area contributed by atoms with Crippen molar-refractivity contribution in [3.8, 4) is 17.0 Å². The summed E-state index contributed by atoms with van der Waals surface area (Å²) in [5.41, 5.74) is 8.41. The van der Waals surface area contributed by atoms with Crippen LogP contribution in [0, 0.1) is 11.7 Å². The third-order valence-corrected chi connectivity index (χ3v) is 5.73. The minimum atomic E-state index is -0.528. The Balaban J connectivity index is 1.59. The smallest absolute Gasteiger partial charge is 0.274 e. The van der Waals surface area contributed by atoms with Crippen molar-refractivity contribution in [1.82, 2.24) is 9.97 Å². The molecule has 4 rings (SSSR count). The zero-order valence-corrected chi connectivity index (χ0v) is 17.3. The van der Waals surface area contributed by atoms with Crippen molar-refractivity contribution in [2.45, 2.75) is 38.1 Å². The Morgan fingerprint density at radius 2 is 2.03 bits per heavy atom. The topological polar surface area (TPSA) is 101 Å². The first-order valence-electron chi connectivity index (χ1n) is 10.4. The molecule has 0 unspecified atom stereocenters. The van der Waals surface area contributed by atoms with Crippen LogP contribution in [0.15, 0.2) is 54.9 Å². The molecule has 1 fully saturated rings. The largest absolute Gasteiger partial charge is 0.508 e. The number of halogens is 1. The lowest BCUT2D eigenvalue weighted by Crippen LogP contribution is -2.31. The number of pyridine rings is 2. The van der Waals surface area contributed by atoms with E-state index in [1.807, 2.05) is 6.07 Å². The Bertz CT molecular complexity index is 1090. The molecule has 1 amide bonds. The number of carbonyl (C=O) groups excluding carboxylic acids is 1. The van der Waals surface area contributed by atoms with E-state index < -0.39 is 11.7 Å². The third-order valence-electron chi connectivity index (χ3n) is 5.73. The van der Waals surface area contributed by atoms with Crippen LogP contribution in [0.25, 0.3) is 11.3 Å². The molecular weight excluding hydrogens is 395 g/mol. The monoisotopic (exact) mass is 420 g/mol. The number of benzene rings is 1. The maximum Gasteiger partial charge on any atom is 0.274 e. The second-order valence-electron chi connectivity index (χ2n) is 8.26. The van der Waals surface area contributed by atoms with Gasteiger partial charge in [-0.1, -0.05) is 13.0 Å². The van der Waals surface area contributed by atoms with Gasteiger partial charge in [0.2, 0.25) is 0 Å². The van der Waals surface area contributed by atoms with Crippen molar-refractivity contribution in [1.29, 1.82) is 0 Å². The number of aromatic nitrogens is 2. The average molecular weight is 420 g/mol. The van der Waals surface area contributed by atoms with E-state index in [0.717, 1.165) is 30.9 Å². The van der Waals surface area contributed by atoms with E-state index in [-0.39, 0.29) is 34.7 Å². The fraction of sp³-hybridized carbons (Fsp3) is 0.292. The Kier molecular flexibility index (Phi) is 5.95. The maximum atomic E-state index is 14.2. The van der Waals surface area contributed by atoms with Gasteiger partial charge in [0.1, 0.15) is 17.3 Å². The molecule has 0 spiro atoms. The summed E-state index contributed by atoms with van der Waals surface area (Å²) in [6.45, 7) is 2.20. The highest BCUT2D eigenvalue weighted by molar-refractivity contribution is 6.03. The fourth-order valence-electron chi connectivity index (χ4n) is 4.38. The Morgan fingerprint density at radius 3 is 2.84 bits per heavy atom. The van der Waals surface area contributed by atoms with Crippen molar-refractivity contribution in [2.75, 3.05) is 5.32 Å². The molecular formula is C24H25FN4O2. The van der Waals surface area contributed by atoms with Crippen LogP contribution < -0.4 is 11.1 Å². The lowest BCUT2D eigenvalue weighted by molar-refractivity contribution is 0.102. The van der Waals surface area contributed by atoms with Crippen LogP contribution in [-0.2, 0) is 0 Å². The van der Waals surface area contributed by atoms with Gasteiger partial charge in [-0.25, -0.2) is 9.37 Å². The molecule has 3 aromatic rings.